The van der Waals surface area contributed by atoms with E-state index >= 15 is 0 Å². The number of cyclic esters (lactones) is 1. The Balaban J connectivity index is 1.93. The maximum atomic E-state index is 13.7. The van der Waals surface area contributed by atoms with E-state index < -0.39 is 153 Å². The second-order valence-electron chi connectivity index (χ2n) is 18.9. The second kappa shape index (κ2) is 29.8. The average molecular weight is 980 g/mol. The Kier molecular flexibility index (Phi) is 25.8. The number of esters is 1. The quantitative estimate of drug-likeness (QED) is 0.162. The first-order valence-corrected chi connectivity index (χ1v) is 24.0. The monoisotopic (exact) mass is 980 g/mol. The molecular formula is C50H81N3O16. The van der Waals surface area contributed by atoms with Gasteiger partial charge in [-0.3, -0.25) is 9.59 Å². The largest absolute Gasteiger partial charge is 0.462 e. The molecule has 19 heteroatoms. The van der Waals surface area contributed by atoms with Crippen molar-refractivity contribution in [2.75, 3.05) is 6.54 Å². The fraction of sp³-hybridized carbons (Fsp3) is 0.680. The van der Waals surface area contributed by atoms with Gasteiger partial charge < -0.3 is 86.8 Å². The van der Waals surface area contributed by atoms with Gasteiger partial charge in [0.25, 0.3) is 0 Å². The molecule has 0 unspecified atom stereocenters. The number of allylic oxidation sites excluding steroid dienone is 12. The number of carbonyl (C=O) groups is 2. The van der Waals surface area contributed by atoms with Crippen LogP contribution in [0.3, 0.4) is 0 Å². The van der Waals surface area contributed by atoms with Crippen molar-refractivity contribution in [3.05, 3.63) is 85.1 Å². The van der Waals surface area contributed by atoms with Gasteiger partial charge >= 0.3 is 5.97 Å². The summed E-state index contributed by atoms with van der Waals surface area (Å²) >= 11 is 0. The van der Waals surface area contributed by atoms with Crippen LogP contribution in [0.15, 0.2) is 85.1 Å². The van der Waals surface area contributed by atoms with Crippen LogP contribution in [0.5, 0.6) is 0 Å². The van der Waals surface area contributed by atoms with E-state index in [2.05, 4.69) is 5.32 Å². The summed E-state index contributed by atoms with van der Waals surface area (Å²) in [5, 5.41) is 112. The Labute approximate surface area is 406 Å². The molecule has 0 aromatic heterocycles. The van der Waals surface area contributed by atoms with Crippen LogP contribution in [0, 0.1) is 17.8 Å². The summed E-state index contributed by atoms with van der Waals surface area (Å²) in [5.74, 6) is -5.68. The molecule has 1 amide bonds. The van der Waals surface area contributed by atoms with Crippen LogP contribution in [-0.4, -0.2) is 173 Å². The van der Waals surface area contributed by atoms with Gasteiger partial charge in [0.15, 0.2) is 12.1 Å². The van der Waals surface area contributed by atoms with Gasteiger partial charge in [-0.05, 0) is 40.0 Å². The number of fused-ring (bicyclic) bond motifs is 2. The first kappa shape index (κ1) is 59.8. The summed E-state index contributed by atoms with van der Waals surface area (Å²) in [6.07, 6.45) is 4.54. The normalized spacial score (nSPS) is 44.0. The van der Waals surface area contributed by atoms with Gasteiger partial charge in [-0.1, -0.05) is 98.9 Å². The van der Waals surface area contributed by atoms with E-state index in [9.17, 15) is 60.7 Å². The van der Waals surface area contributed by atoms with Crippen molar-refractivity contribution in [1.82, 2.24) is 5.32 Å². The first-order valence-electron chi connectivity index (χ1n) is 24.0. The summed E-state index contributed by atoms with van der Waals surface area (Å²) in [5.41, 5.74) is 11.9. The highest BCUT2D eigenvalue weighted by molar-refractivity contribution is 5.80. The van der Waals surface area contributed by atoms with Crippen LogP contribution in [0.1, 0.15) is 86.0 Å². The number of nitrogens with two attached hydrogens (primary N) is 2. The molecule has 2 bridgehead atoms. The predicted octanol–water partition coefficient (Wildman–Crippen LogP) is 0.0905. The third-order valence-corrected chi connectivity index (χ3v) is 12.8. The molecule has 3 rings (SSSR count). The Morgan fingerprint density at radius 3 is 1.90 bits per heavy atom. The molecule has 0 saturated carbocycles. The molecule has 0 spiro atoms. The lowest BCUT2D eigenvalue weighted by Crippen LogP contribution is -2.62. The number of hydrogen-bond acceptors (Lipinski definition) is 18. The summed E-state index contributed by atoms with van der Waals surface area (Å²) in [7, 11) is 0. The Morgan fingerprint density at radius 1 is 0.725 bits per heavy atom. The maximum Gasteiger partial charge on any atom is 0.308 e. The zero-order valence-electron chi connectivity index (χ0n) is 40.5. The molecule has 3 aliphatic rings. The van der Waals surface area contributed by atoms with E-state index in [4.69, 9.17) is 30.4 Å². The minimum absolute atomic E-state index is 0.0746. The summed E-state index contributed by atoms with van der Waals surface area (Å²) in [6, 6.07) is -1.64. The van der Waals surface area contributed by atoms with E-state index in [1.54, 1.807) is 82.4 Å². The van der Waals surface area contributed by atoms with Gasteiger partial charge in [-0.2, -0.15) is 0 Å². The number of ether oxygens (including phenoxy) is 4. The number of aliphatic hydroxyl groups is 10. The van der Waals surface area contributed by atoms with Crippen molar-refractivity contribution in [2.45, 2.75) is 189 Å². The average Bonchev–Trinajstić information content (AvgIpc) is 3.27. The molecular weight excluding hydrogens is 899 g/mol. The Hall–Kier alpha value is -3.48. The highest BCUT2D eigenvalue weighted by atomic mass is 16.7. The first-order chi connectivity index (χ1) is 32.5. The van der Waals surface area contributed by atoms with Crippen LogP contribution in [0.4, 0.5) is 0 Å². The molecule has 3 heterocycles. The second-order valence-corrected chi connectivity index (χ2v) is 18.9. The Bertz CT molecular complexity index is 1760. The molecule has 3 aliphatic heterocycles. The summed E-state index contributed by atoms with van der Waals surface area (Å²) < 4.78 is 23.7. The molecule has 19 nitrogen and oxygen atoms in total. The van der Waals surface area contributed by atoms with E-state index in [1.807, 2.05) is 37.3 Å². The number of amides is 1. The lowest BCUT2D eigenvalue weighted by atomic mass is 9.82. The predicted molar refractivity (Wildman–Crippen MR) is 256 cm³/mol. The fourth-order valence-corrected chi connectivity index (χ4v) is 8.39. The van der Waals surface area contributed by atoms with Crippen LogP contribution in [0.25, 0.3) is 0 Å². The van der Waals surface area contributed by atoms with E-state index in [-0.39, 0.29) is 38.1 Å². The molecule has 0 radical (unpaired) electrons. The van der Waals surface area contributed by atoms with Crippen molar-refractivity contribution >= 4 is 11.9 Å². The van der Waals surface area contributed by atoms with Crippen LogP contribution in [-0.2, 0) is 28.5 Å². The minimum atomic E-state index is -2.28. The number of hydrogen-bond donors (Lipinski definition) is 13. The summed E-state index contributed by atoms with van der Waals surface area (Å²) in [4.78, 5) is 26.4. The fourth-order valence-electron chi connectivity index (χ4n) is 8.39. The summed E-state index contributed by atoms with van der Waals surface area (Å²) in [6.45, 7) is 8.52. The van der Waals surface area contributed by atoms with Crippen LogP contribution < -0.4 is 16.8 Å². The highest BCUT2D eigenvalue weighted by Crippen LogP contribution is 2.38. The SMILES string of the molecule is C[C@@H]1[C@H](O)[C@@H](C)/C=C/C=C/C=C/C=C/C=C/C=C/C=C/[C@H](O[C@@H]2O[C@H](C)[C@@H](O)[C@H](N)[C@@H]2O)C[C@@H]2O[C@](O)(C[C@@H](O)C[C@@H](O)[C@H](O)CC[C@@H](O)C[C@@H](O)CC(=O)O[C@H]1C)C[C@H](O)[C@H]2C(=O)N[C@H](C)CN. The van der Waals surface area contributed by atoms with Crippen molar-refractivity contribution in [3.8, 4) is 0 Å². The lowest BCUT2D eigenvalue weighted by molar-refractivity contribution is -0.307. The molecule has 0 aromatic carbocycles. The van der Waals surface area contributed by atoms with Gasteiger partial charge in [0, 0.05) is 50.1 Å². The van der Waals surface area contributed by atoms with Gasteiger partial charge in [0.1, 0.15) is 12.2 Å². The van der Waals surface area contributed by atoms with Gasteiger partial charge in [-0.15, -0.1) is 0 Å². The molecule has 15 N–H and O–H groups in total. The zero-order chi connectivity index (χ0) is 51.4. The van der Waals surface area contributed by atoms with E-state index in [0.717, 1.165) is 0 Å². The van der Waals surface area contributed by atoms with Crippen molar-refractivity contribution in [1.29, 1.82) is 0 Å². The standard InChI is InChI=1S/C50H81N3O16/c1-29-18-16-14-12-10-8-6-7-9-11-13-15-17-19-37(68-49-47(63)44(52)46(62)33(5)67-49)25-41-43(48(64)53-30(2)28-51)40(59)27-50(65,69-41)26-36(56)23-39(58)38(57)21-20-34(54)22-35(55)24-42(60)66-32(4)31(3)45(29)61/h6-19,29-41,43-47,49,54-59,61-63,65H,20-28,51-52H2,1-5H3,(H,53,64)/b7-6+,10-8+,11-9+,14-12+,15-13+,18-16+,19-17+/t29-,30+,31-,32-,33+,34+,35+,36-,37-,38+,39+,40-,41-,43+,44-,45+,46+,47-,49-,50+/m0/s1. The van der Waals surface area contributed by atoms with Crippen molar-refractivity contribution in [2.24, 2.45) is 29.2 Å². The molecule has 2 fully saturated rings. The third-order valence-electron chi connectivity index (χ3n) is 12.8. The number of aliphatic hydroxyl groups excluding tert-OH is 9. The molecule has 392 valence electrons. The molecule has 0 aliphatic carbocycles. The van der Waals surface area contributed by atoms with Gasteiger partial charge in [0.05, 0.1) is 85.5 Å². The number of nitrogens with one attached hydrogen (secondary N) is 1. The molecule has 20 atom stereocenters. The smallest absolute Gasteiger partial charge is 0.308 e. The third kappa shape index (κ3) is 20.3. The highest BCUT2D eigenvalue weighted by Gasteiger charge is 2.51. The van der Waals surface area contributed by atoms with Crippen LogP contribution in [0.2, 0.25) is 0 Å². The maximum absolute atomic E-state index is 13.7. The lowest BCUT2D eigenvalue weighted by Gasteiger charge is -2.46. The number of rotatable bonds is 5. The van der Waals surface area contributed by atoms with Gasteiger partial charge in [0.2, 0.25) is 5.91 Å². The minimum Gasteiger partial charge on any atom is -0.462 e. The molecule has 69 heavy (non-hydrogen) atoms. The molecule has 0 aromatic rings. The van der Waals surface area contributed by atoms with E-state index in [0.29, 0.717) is 0 Å². The van der Waals surface area contributed by atoms with Crippen molar-refractivity contribution < 1.29 is 79.6 Å². The molecule has 2 saturated heterocycles. The van der Waals surface area contributed by atoms with Gasteiger partial charge in [-0.25, -0.2) is 0 Å². The van der Waals surface area contributed by atoms with Crippen LogP contribution >= 0.6 is 0 Å². The topological polar surface area (TPSA) is 337 Å². The Morgan fingerprint density at radius 2 is 1.30 bits per heavy atom. The van der Waals surface area contributed by atoms with Crippen molar-refractivity contribution in [3.63, 3.8) is 0 Å². The number of carbonyl (C=O) groups excluding carboxylic acids is 2. The van der Waals surface area contributed by atoms with E-state index in [1.165, 1.54) is 0 Å². The zero-order valence-corrected chi connectivity index (χ0v) is 40.5.